The molecule has 0 aromatic heterocycles. The first-order valence-corrected chi connectivity index (χ1v) is 7.41. The van der Waals surface area contributed by atoms with Crippen LogP contribution in [0.2, 0.25) is 0 Å². The Bertz CT molecular complexity index is 485. The van der Waals surface area contributed by atoms with Crippen molar-refractivity contribution in [1.82, 2.24) is 10.4 Å². The van der Waals surface area contributed by atoms with Crippen LogP contribution in [0.1, 0.15) is 20.8 Å². The van der Waals surface area contributed by atoms with Gasteiger partial charge in [-0.3, -0.25) is 10.0 Å². The van der Waals surface area contributed by atoms with Crippen LogP contribution in [-0.2, 0) is 4.74 Å². The molecule has 5 nitrogen and oxygen atoms in total. The van der Waals surface area contributed by atoms with E-state index in [0.717, 1.165) is 0 Å². The van der Waals surface area contributed by atoms with Crippen LogP contribution in [-0.4, -0.2) is 38.0 Å². The molecule has 0 bridgehead atoms. The van der Waals surface area contributed by atoms with E-state index >= 15 is 0 Å². The number of aliphatic imine (C=N–C) groups is 1. The summed E-state index contributed by atoms with van der Waals surface area (Å²) < 4.78 is 24.4. The average molecular weight is 309 g/mol. The lowest BCUT2D eigenvalue weighted by Gasteiger charge is -2.31. The first-order valence-electron chi connectivity index (χ1n) is 7.41. The molecule has 0 saturated carbocycles. The first-order chi connectivity index (χ1) is 10.4. The summed E-state index contributed by atoms with van der Waals surface area (Å²) in [6.45, 7) is 8.62. The van der Waals surface area contributed by atoms with Crippen LogP contribution in [0.5, 0.6) is 5.75 Å². The maximum atomic E-state index is 12.9. The summed E-state index contributed by atoms with van der Waals surface area (Å²) in [7, 11) is 0. The highest BCUT2D eigenvalue weighted by Crippen LogP contribution is 2.27. The molecule has 0 spiro atoms. The van der Waals surface area contributed by atoms with Gasteiger partial charge in [-0.2, -0.15) is 0 Å². The van der Waals surface area contributed by atoms with Crippen molar-refractivity contribution in [1.29, 1.82) is 0 Å². The molecule has 1 aliphatic rings. The van der Waals surface area contributed by atoms with Gasteiger partial charge in [0.1, 0.15) is 31.3 Å². The summed E-state index contributed by atoms with van der Waals surface area (Å²) in [5.74, 6) is 0.629. The molecule has 0 radical (unpaired) electrons. The Morgan fingerprint density at radius 2 is 2.00 bits per heavy atom. The van der Waals surface area contributed by atoms with Gasteiger partial charge in [-0.1, -0.05) is 20.8 Å². The summed E-state index contributed by atoms with van der Waals surface area (Å²) in [4.78, 5) is 4.05. The molecule has 0 aliphatic carbocycles. The molecule has 1 atom stereocenters. The second-order valence-electron chi connectivity index (χ2n) is 6.41. The SMILES string of the molecule is CC(C)(C)C(COCN1C=NCN1)COc1ccc(F)cc1. The van der Waals surface area contributed by atoms with Gasteiger partial charge in [0.25, 0.3) is 0 Å². The zero-order valence-corrected chi connectivity index (χ0v) is 13.4. The van der Waals surface area contributed by atoms with Crippen LogP contribution in [0.4, 0.5) is 4.39 Å². The van der Waals surface area contributed by atoms with Crippen LogP contribution < -0.4 is 10.2 Å². The van der Waals surface area contributed by atoms with Crippen LogP contribution in [0.15, 0.2) is 29.3 Å². The largest absolute Gasteiger partial charge is 0.493 e. The highest BCUT2D eigenvalue weighted by Gasteiger charge is 2.26. The molecule has 0 fully saturated rings. The lowest BCUT2D eigenvalue weighted by atomic mass is 9.82. The van der Waals surface area contributed by atoms with Crippen molar-refractivity contribution in [3.05, 3.63) is 30.1 Å². The van der Waals surface area contributed by atoms with Crippen LogP contribution >= 0.6 is 0 Å². The van der Waals surface area contributed by atoms with E-state index in [1.54, 1.807) is 23.5 Å². The Kier molecular flexibility index (Phi) is 5.74. The van der Waals surface area contributed by atoms with Crippen molar-refractivity contribution < 1.29 is 13.9 Å². The van der Waals surface area contributed by atoms with E-state index in [0.29, 0.717) is 32.4 Å². The molecule has 1 unspecified atom stereocenters. The maximum Gasteiger partial charge on any atom is 0.134 e. The van der Waals surface area contributed by atoms with Crippen molar-refractivity contribution in [2.24, 2.45) is 16.3 Å². The first kappa shape index (κ1) is 16.7. The third kappa shape index (κ3) is 5.27. The lowest BCUT2D eigenvalue weighted by Crippen LogP contribution is -2.36. The minimum Gasteiger partial charge on any atom is -0.493 e. The van der Waals surface area contributed by atoms with Crippen molar-refractivity contribution >= 4 is 6.34 Å². The van der Waals surface area contributed by atoms with Crippen molar-refractivity contribution in [3.8, 4) is 5.75 Å². The Labute approximate surface area is 131 Å². The number of hydrogen-bond donors (Lipinski definition) is 1. The number of halogens is 1. The van der Waals surface area contributed by atoms with Gasteiger partial charge in [-0.15, -0.1) is 0 Å². The summed E-state index contributed by atoms with van der Waals surface area (Å²) in [5, 5.41) is 1.81. The molecule has 122 valence electrons. The third-order valence-electron chi connectivity index (χ3n) is 3.63. The summed E-state index contributed by atoms with van der Waals surface area (Å²) in [6.07, 6.45) is 1.72. The zero-order valence-electron chi connectivity index (χ0n) is 13.4. The van der Waals surface area contributed by atoms with Crippen LogP contribution in [0, 0.1) is 17.2 Å². The molecule has 1 aliphatic heterocycles. The number of benzene rings is 1. The second kappa shape index (κ2) is 7.56. The molecule has 1 N–H and O–H groups in total. The van der Waals surface area contributed by atoms with E-state index in [9.17, 15) is 4.39 Å². The topological polar surface area (TPSA) is 46.1 Å². The summed E-state index contributed by atoms with van der Waals surface area (Å²) >= 11 is 0. The standard InChI is InChI=1S/C16H24FN3O2/c1-16(2,3)13(8-21-12-20-11-18-10-19-20)9-22-15-6-4-14(17)5-7-15/h4-7,11,13,19H,8-10,12H2,1-3H3. The van der Waals surface area contributed by atoms with Gasteiger partial charge in [0.05, 0.1) is 13.2 Å². The highest BCUT2D eigenvalue weighted by molar-refractivity contribution is 5.55. The fourth-order valence-corrected chi connectivity index (χ4v) is 1.96. The lowest BCUT2D eigenvalue weighted by molar-refractivity contribution is -0.00907. The number of hydrazine groups is 1. The molecule has 1 aromatic rings. The maximum absolute atomic E-state index is 12.9. The molecular weight excluding hydrogens is 285 g/mol. The minimum absolute atomic E-state index is 0.0482. The monoisotopic (exact) mass is 309 g/mol. The number of ether oxygens (including phenoxy) is 2. The van der Waals surface area contributed by atoms with Crippen LogP contribution in [0.3, 0.4) is 0 Å². The van der Waals surface area contributed by atoms with E-state index in [1.165, 1.54) is 12.1 Å². The van der Waals surface area contributed by atoms with Crippen molar-refractivity contribution in [3.63, 3.8) is 0 Å². The summed E-state index contributed by atoms with van der Waals surface area (Å²) in [6, 6.07) is 6.08. The van der Waals surface area contributed by atoms with E-state index in [-0.39, 0.29) is 17.2 Å². The van der Waals surface area contributed by atoms with Gasteiger partial charge in [0, 0.05) is 5.92 Å². The van der Waals surface area contributed by atoms with Gasteiger partial charge >= 0.3 is 0 Å². The molecule has 22 heavy (non-hydrogen) atoms. The van der Waals surface area contributed by atoms with Gasteiger partial charge in [0.15, 0.2) is 0 Å². The van der Waals surface area contributed by atoms with Crippen molar-refractivity contribution in [2.45, 2.75) is 20.8 Å². The number of hydrogen-bond acceptors (Lipinski definition) is 5. The Morgan fingerprint density at radius 1 is 1.27 bits per heavy atom. The number of nitrogens with one attached hydrogen (secondary N) is 1. The van der Waals surface area contributed by atoms with E-state index in [4.69, 9.17) is 9.47 Å². The highest BCUT2D eigenvalue weighted by atomic mass is 19.1. The zero-order chi connectivity index (χ0) is 16.0. The average Bonchev–Trinajstić information content (AvgIpc) is 2.96. The second-order valence-corrected chi connectivity index (χ2v) is 6.41. The number of rotatable bonds is 7. The molecule has 1 heterocycles. The fraction of sp³-hybridized carbons (Fsp3) is 0.562. The molecule has 0 saturated heterocycles. The van der Waals surface area contributed by atoms with Crippen molar-refractivity contribution in [2.75, 3.05) is 26.6 Å². The third-order valence-corrected chi connectivity index (χ3v) is 3.63. The normalized spacial score (nSPS) is 16.1. The van der Waals surface area contributed by atoms with E-state index in [2.05, 4.69) is 31.2 Å². The Morgan fingerprint density at radius 3 is 2.59 bits per heavy atom. The minimum atomic E-state index is -0.261. The predicted octanol–water partition coefficient (Wildman–Crippen LogP) is 2.65. The molecular formula is C16H24FN3O2. The summed E-state index contributed by atoms with van der Waals surface area (Å²) in [5.41, 5.74) is 3.10. The van der Waals surface area contributed by atoms with E-state index in [1.807, 2.05) is 0 Å². The van der Waals surface area contributed by atoms with Gasteiger partial charge in [-0.05, 0) is 29.7 Å². The Hall–Kier alpha value is -1.66. The number of nitrogens with zero attached hydrogens (tertiary/aromatic N) is 2. The van der Waals surface area contributed by atoms with Gasteiger partial charge in [0.2, 0.25) is 0 Å². The van der Waals surface area contributed by atoms with Crippen LogP contribution in [0.25, 0.3) is 0 Å². The van der Waals surface area contributed by atoms with E-state index < -0.39 is 0 Å². The van der Waals surface area contributed by atoms with Gasteiger partial charge < -0.3 is 9.47 Å². The predicted molar refractivity (Wildman–Crippen MR) is 84.0 cm³/mol. The smallest absolute Gasteiger partial charge is 0.134 e. The molecule has 6 heteroatoms. The fourth-order valence-electron chi connectivity index (χ4n) is 1.96. The molecule has 0 amide bonds. The molecule has 2 rings (SSSR count). The van der Waals surface area contributed by atoms with Gasteiger partial charge in [-0.25, -0.2) is 9.82 Å². The molecule has 1 aromatic carbocycles. The Balaban J connectivity index is 1.80. The quantitative estimate of drug-likeness (QED) is 0.841.